The van der Waals surface area contributed by atoms with Crippen LogP contribution in [0.5, 0.6) is 11.8 Å². The van der Waals surface area contributed by atoms with Gasteiger partial charge >= 0.3 is 12.4 Å². The highest BCUT2D eigenvalue weighted by Gasteiger charge is 2.32. The van der Waals surface area contributed by atoms with Crippen LogP contribution in [0.2, 0.25) is 0 Å². The summed E-state index contributed by atoms with van der Waals surface area (Å²) in [5.41, 5.74) is 0.805. The summed E-state index contributed by atoms with van der Waals surface area (Å²) < 4.78 is 47.3. The quantitative estimate of drug-likeness (QED) is 0.466. The molecule has 0 atom stereocenters. The lowest BCUT2D eigenvalue weighted by molar-refractivity contribution is -0.384. The molecule has 10 heteroatoms. The lowest BCUT2D eigenvalue weighted by Gasteiger charge is -2.16. The normalized spacial score (nSPS) is 11.1. The second-order valence-electron chi connectivity index (χ2n) is 5.49. The van der Waals surface area contributed by atoms with Crippen molar-refractivity contribution >= 4 is 5.69 Å². The van der Waals surface area contributed by atoms with Gasteiger partial charge < -0.3 is 9.47 Å². The fourth-order valence-electron chi connectivity index (χ4n) is 2.58. The summed E-state index contributed by atoms with van der Waals surface area (Å²) >= 11 is 0. The Hall–Kier alpha value is -3.69. The Kier molecular flexibility index (Phi) is 5.12. The Bertz CT molecular complexity index is 1010. The molecule has 1 heterocycles. The van der Waals surface area contributed by atoms with Crippen LogP contribution in [0.25, 0.3) is 22.3 Å². The molecule has 0 saturated carbocycles. The van der Waals surface area contributed by atoms with Crippen LogP contribution in [-0.2, 0) is 0 Å². The van der Waals surface area contributed by atoms with Gasteiger partial charge in [0.1, 0.15) is 5.75 Å². The zero-order chi connectivity index (χ0) is 20.3. The number of methoxy groups -OCH3 is 1. The molecule has 0 radical (unpaired) electrons. The van der Waals surface area contributed by atoms with E-state index >= 15 is 0 Å². The van der Waals surface area contributed by atoms with Crippen molar-refractivity contribution in [2.24, 2.45) is 0 Å². The standard InChI is InChI=1S/C18H12F3N3O4/c1-27-17-22-9-11(10-23-17)15-8-12(24(25)26)6-7-13(15)14-4-2-3-5-16(14)28-18(19,20)21/h2-10H,1H3. The van der Waals surface area contributed by atoms with Gasteiger partial charge in [0, 0.05) is 35.7 Å². The van der Waals surface area contributed by atoms with Crippen LogP contribution in [0.1, 0.15) is 0 Å². The van der Waals surface area contributed by atoms with Crippen molar-refractivity contribution in [3.63, 3.8) is 0 Å². The Morgan fingerprint density at radius 1 is 1.00 bits per heavy atom. The molecule has 0 aliphatic heterocycles. The fraction of sp³-hybridized carbons (Fsp3) is 0.111. The molecule has 0 amide bonds. The number of benzene rings is 2. The predicted octanol–water partition coefficient (Wildman–Crippen LogP) is 4.63. The van der Waals surface area contributed by atoms with E-state index in [4.69, 9.17) is 4.74 Å². The molecule has 0 unspecified atom stereocenters. The van der Waals surface area contributed by atoms with Gasteiger partial charge in [0.25, 0.3) is 5.69 Å². The monoisotopic (exact) mass is 391 g/mol. The number of alkyl halides is 3. The maximum absolute atomic E-state index is 12.8. The van der Waals surface area contributed by atoms with Gasteiger partial charge in [-0.25, -0.2) is 9.97 Å². The van der Waals surface area contributed by atoms with E-state index in [2.05, 4.69) is 14.7 Å². The highest BCUT2D eigenvalue weighted by atomic mass is 19.4. The van der Waals surface area contributed by atoms with Gasteiger partial charge in [-0.05, 0) is 23.3 Å². The van der Waals surface area contributed by atoms with Gasteiger partial charge in [-0.2, -0.15) is 0 Å². The number of rotatable bonds is 5. The Morgan fingerprint density at radius 3 is 2.29 bits per heavy atom. The summed E-state index contributed by atoms with van der Waals surface area (Å²) in [5, 5.41) is 11.2. The lowest BCUT2D eigenvalue weighted by Crippen LogP contribution is -2.17. The van der Waals surface area contributed by atoms with Crippen molar-refractivity contribution < 1.29 is 27.6 Å². The van der Waals surface area contributed by atoms with Crippen molar-refractivity contribution in [3.8, 4) is 34.0 Å². The topological polar surface area (TPSA) is 87.4 Å². The minimum atomic E-state index is -4.89. The van der Waals surface area contributed by atoms with Crippen LogP contribution in [0.15, 0.2) is 54.9 Å². The maximum atomic E-state index is 12.8. The molecule has 7 nitrogen and oxygen atoms in total. The predicted molar refractivity (Wildman–Crippen MR) is 92.8 cm³/mol. The number of hydrogen-bond donors (Lipinski definition) is 0. The maximum Gasteiger partial charge on any atom is 0.573 e. The molecule has 0 N–H and O–H groups in total. The van der Waals surface area contributed by atoms with E-state index in [0.29, 0.717) is 11.1 Å². The summed E-state index contributed by atoms with van der Waals surface area (Å²) in [6, 6.07) is 9.40. The van der Waals surface area contributed by atoms with Gasteiger partial charge in [0.2, 0.25) is 0 Å². The van der Waals surface area contributed by atoms with Crippen LogP contribution >= 0.6 is 0 Å². The van der Waals surface area contributed by atoms with Crippen molar-refractivity contribution in [1.82, 2.24) is 9.97 Å². The molecule has 28 heavy (non-hydrogen) atoms. The smallest absolute Gasteiger partial charge is 0.467 e. The third-order valence-electron chi connectivity index (χ3n) is 3.74. The Labute approximate surface area is 156 Å². The fourth-order valence-corrected chi connectivity index (χ4v) is 2.58. The number of ether oxygens (including phenoxy) is 2. The molecule has 0 spiro atoms. The van der Waals surface area contributed by atoms with E-state index in [-0.39, 0.29) is 22.8 Å². The SMILES string of the molecule is COc1ncc(-c2cc([N+](=O)[O-])ccc2-c2ccccc2OC(F)(F)F)cn1. The third-order valence-corrected chi connectivity index (χ3v) is 3.74. The number of nitro benzene ring substituents is 1. The van der Waals surface area contributed by atoms with E-state index in [0.717, 1.165) is 0 Å². The van der Waals surface area contributed by atoms with Crippen LogP contribution in [0.4, 0.5) is 18.9 Å². The number of hydrogen-bond acceptors (Lipinski definition) is 6. The zero-order valence-electron chi connectivity index (χ0n) is 14.3. The molecular weight excluding hydrogens is 379 g/mol. The molecule has 2 aromatic carbocycles. The van der Waals surface area contributed by atoms with Crippen LogP contribution < -0.4 is 9.47 Å². The largest absolute Gasteiger partial charge is 0.573 e. The summed E-state index contributed by atoms with van der Waals surface area (Å²) in [6.45, 7) is 0. The highest BCUT2D eigenvalue weighted by molar-refractivity contribution is 5.87. The summed E-state index contributed by atoms with van der Waals surface area (Å²) in [7, 11) is 1.37. The number of para-hydroxylation sites is 1. The molecule has 0 aliphatic rings. The first-order valence-corrected chi connectivity index (χ1v) is 7.78. The van der Waals surface area contributed by atoms with E-state index in [9.17, 15) is 23.3 Å². The Morgan fingerprint density at radius 2 is 1.68 bits per heavy atom. The average molecular weight is 391 g/mol. The van der Waals surface area contributed by atoms with Crippen molar-refractivity contribution in [3.05, 3.63) is 65.0 Å². The third kappa shape index (κ3) is 4.17. The first-order valence-electron chi connectivity index (χ1n) is 7.78. The van der Waals surface area contributed by atoms with E-state index in [1.54, 1.807) is 0 Å². The number of non-ortho nitro benzene ring substituents is 1. The molecule has 0 bridgehead atoms. The van der Waals surface area contributed by atoms with Crippen LogP contribution in [-0.4, -0.2) is 28.4 Å². The number of nitro groups is 1. The summed E-state index contributed by atoms with van der Waals surface area (Å²) in [4.78, 5) is 18.5. The number of aromatic nitrogens is 2. The van der Waals surface area contributed by atoms with Crippen molar-refractivity contribution in [2.75, 3.05) is 7.11 Å². The second-order valence-corrected chi connectivity index (χ2v) is 5.49. The minimum Gasteiger partial charge on any atom is -0.467 e. The van der Waals surface area contributed by atoms with Crippen molar-refractivity contribution in [2.45, 2.75) is 6.36 Å². The van der Waals surface area contributed by atoms with Gasteiger partial charge in [0.05, 0.1) is 12.0 Å². The first-order chi connectivity index (χ1) is 13.3. The lowest BCUT2D eigenvalue weighted by atomic mass is 9.95. The summed E-state index contributed by atoms with van der Waals surface area (Å²) in [5.74, 6) is -0.431. The van der Waals surface area contributed by atoms with Crippen LogP contribution in [0, 0.1) is 10.1 Å². The minimum absolute atomic E-state index is 0.0801. The van der Waals surface area contributed by atoms with E-state index in [1.807, 2.05) is 0 Å². The average Bonchev–Trinajstić information content (AvgIpc) is 2.67. The molecular formula is C18H12F3N3O4. The van der Waals surface area contributed by atoms with Gasteiger partial charge in [-0.15, -0.1) is 13.2 Å². The molecule has 3 aromatic rings. The molecule has 144 valence electrons. The molecule has 0 fully saturated rings. The van der Waals surface area contributed by atoms with Crippen LogP contribution in [0.3, 0.4) is 0 Å². The van der Waals surface area contributed by atoms with E-state index in [1.165, 1.54) is 62.0 Å². The van der Waals surface area contributed by atoms with Crippen molar-refractivity contribution in [1.29, 1.82) is 0 Å². The second kappa shape index (κ2) is 7.51. The highest BCUT2D eigenvalue weighted by Crippen LogP contribution is 2.40. The number of nitrogens with zero attached hydrogens (tertiary/aromatic N) is 3. The van der Waals surface area contributed by atoms with E-state index < -0.39 is 17.0 Å². The first kappa shape index (κ1) is 19.1. The Balaban J connectivity index is 2.20. The summed E-state index contributed by atoms with van der Waals surface area (Å²) in [6.07, 6.45) is -2.16. The molecule has 0 saturated heterocycles. The molecule has 0 aliphatic carbocycles. The molecule has 3 rings (SSSR count). The van der Waals surface area contributed by atoms with Gasteiger partial charge in [0.15, 0.2) is 0 Å². The molecule has 1 aromatic heterocycles. The van der Waals surface area contributed by atoms with Gasteiger partial charge in [-0.3, -0.25) is 10.1 Å². The number of halogens is 3. The van der Waals surface area contributed by atoms with Gasteiger partial charge in [-0.1, -0.05) is 18.2 Å². The zero-order valence-corrected chi connectivity index (χ0v) is 14.3.